The second-order valence-electron chi connectivity index (χ2n) is 10.2. The number of benzene rings is 4. The van der Waals surface area contributed by atoms with Gasteiger partial charge in [0.25, 0.3) is 5.91 Å². The molecule has 1 amide bonds. The van der Waals surface area contributed by atoms with Gasteiger partial charge in [-0.3, -0.25) is 9.69 Å². The molecule has 0 unspecified atom stereocenters. The summed E-state index contributed by atoms with van der Waals surface area (Å²) < 4.78 is 19.8. The van der Waals surface area contributed by atoms with Crippen molar-refractivity contribution >= 4 is 5.91 Å². The maximum absolute atomic E-state index is 13.5. The summed E-state index contributed by atoms with van der Waals surface area (Å²) in [6.07, 6.45) is 0.836. The Labute approximate surface area is 230 Å². The molecule has 4 aromatic rings. The average molecular weight is 523 g/mol. The van der Waals surface area contributed by atoms with E-state index in [1.807, 2.05) is 19.1 Å². The van der Waals surface area contributed by atoms with Gasteiger partial charge < -0.3 is 10.1 Å². The summed E-state index contributed by atoms with van der Waals surface area (Å²) in [5.41, 5.74) is 7.04. The van der Waals surface area contributed by atoms with Crippen LogP contribution in [-0.2, 0) is 24.3 Å². The molecule has 0 aliphatic carbocycles. The third-order valence-electron chi connectivity index (χ3n) is 7.33. The number of ether oxygens (including phenoxy) is 1. The molecule has 0 bridgehead atoms. The Morgan fingerprint density at radius 1 is 0.974 bits per heavy atom. The van der Waals surface area contributed by atoms with Crippen LogP contribution in [0, 0.1) is 12.7 Å². The van der Waals surface area contributed by atoms with E-state index in [0.29, 0.717) is 17.7 Å². The number of fused-ring (bicyclic) bond motifs is 1. The number of aryl methyl sites for hydroxylation is 1. The predicted molar refractivity (Wildman–Crippen MR) is 153 cm³/mol. The molecule has 1 aliphatic heterocycles. The fraction of sp³-hybridized carbons (Fsp3) is 0.265. The minimum Gasteiger partial charge on any atom is -0.481 e. The van der Waals surface area contributed by atoms with E-state index in [1.165, 1.54) is 39.9 Å². The van der Waals surface area contributed by atoms with Gasteiger partial charge >= 0.3 is 0 Å². The largest absolute Gasteiger partial charge is 0.481 e. The zero-order valence-electron chi connectivity index (χ0n) is 22.6. The van der Waals surface area contributed by atoms with Gasteiger partial charge in [0.05, 0.1) is 6.04 Å². The van der Waals surface area contributed by atoms with Crippen LogP contribution >= 0.6 is 0 Å². The predicted octanol–water partition coefficient (Wildman–Crippen LogP) is 6.76. The first kappa shape index (κ1) is 26.6. The van der Waals surface area contributed by atoms with Crippen molar-refractivity contribution in [1.82, 2.24) is 10.2 Å². The lowest BCUT2D eigenvalue weighted by molar-refractivity contribution is -0.128. The topological polar surface area (TPSA) is 41.6 Å². The molecule has 0 saturated heterocycles. The number of hydrogen-bond acceptors (Lipinski definition) is 3. The molecule has 0 aromatic heterocycles. The van der Waals surface area contributed by atoms with Gasteiger partial charge in [0.2, 0.25) is 0 Å². The number of nitrogens with one attached hydrogen (secondary N) is 1. The van der Waals surface area contributed by atoms with Crippen LogP contribution < -0.4 is 10.1 Å². The normalized spacial score (nSPS) is 15.8. The molecule has 0 radical (unpaired) electrons. The van der Waals surface area contributed by atoms with E-state index in [-0.39, 0.29) is 24.3 Å². The lowest BCUT2D eigenvalue weighted by atomic mass is 9.87. The Bertz CT molecular complexity index is 1420. The summed E-state index contributed by atoms with van der Waals surface area (Å²) in [6.45, 7) is 6.13. The van der Waals surface area contributed by atoms with Gasteiger partial charge in [-0.2, -0.15) is 0 Å². The van der Waals surface area contributed by atoms with E-state index in [2.05, 4.69) is 77.8 Å². The van der Waals surface area contributed by atoms with Gasteiger partial charge in [-0.1, -0.05) is 85.3 Å². The zero-order chi connectivity index (χ0) is 27.2. The van der Waals surface area contributed by atoms with Crippen molar-refractivity contribution in [3.8, 4) is 5.75 Å². The fourth-order valence-corrected chi connectivity index (χ4v) is 5.40. The first-order valence-electron chi connectivity index (χ1n) is 13.7. The standard InChI is InChI=1S/C34H35FN2O2/c1-3-32(34(38)36-22-25-10-8-14-29(35)20-25)39-30-16-15-27-17-18-37(23-26-11-7-9-24(2)19-26)33(31(27)21-30)28-12-5-4-6-13-28/h4-16,19-21,32-33H,3,17-18,22-23H2,1-2H3,(H,36,38)/t32-,33-/m1/s1. The van der Waals surface area contributed by atoms with Crippen LogP contribution in [0.3, 0.4) is 0 Å². The van der Waals surface area contributed by atoms with Crippen LogP contribution in [0.15, 0.2) is 97.1 Å². The summed E-state index contributed by atoms with van der Waals surface area (Å²) in [7, 11) is 0. The van der Waals surface area contributed by atoms with Crippen LogP contribution in [0.4, 0.5) is 4.39 Å². The summed E-state index contributed by atoms with van der Waals surface area (Å²) >= 11 is 0. The van der Waals surface area contributed by atoms with Crippen LogP contribution in [0.2, 0.25) is 0 Å². The molecule has 39 heavy (non-hydrogen) atoms. The van der Waals surface area contributed by atoms with Gasteiger partial charge in [-0.05, 0) is 71.8 Å². The quantitative estimate of drug-likeness (QED) is 0.264. The zero-order valence-corrected chi connectivity index (χ0v) is 22.6. The van der Waals surface area contributed by atoms with Crippen molar-refractivity contribution in [1.29, 1.82) is 0 Å². The molecule has 1 heterocycles. The van der Waals surface area contributed by atoms with Gasteiger partial charge in [-0.15, -0.1) is 0 Å². The summed E-state index contributed by atoms with van der Waals surface area (Å²) in [5.74, 6) is 0.156. The molecule has 0 fully saturated rings. The highest BCUT2D eigenvalue weighted by Gasteiger charge is 2.30. The number of halogens is 1. The summed E-state index contributed by atoms with van der Waals surface area (Å²) in [6, 6.07) is 31.9. The Morgan fingerprint density at radius 3 is 2.54 bits per heavy atom. The third-order valence-corrected chi connectivity index (χ3v) is 7.33. The van der Waals surface area contributed by atoms with Crippen LogP contribution in [0.5, 0.6) is 5.75 Å². The molecular weight excluding hydrogens is 487 g/mol. The second kappa shape index (κ2) is 12.3. The van der Waals surface area contributed by atoms with Crippen LogP contribution in [0.1, 0.15) is 52.8 Å². The Balaban J connectivity index is 1.37. The van der Waals surface area contributed by atoms with E-state index < -0.39 is 6.10 Å². The summed E-state index contributed by atoms with van der Waals surface area (Å²) in [5, 5.41) is 2.89. The van der Waals surface area contributed by atoms with Gasteiger partial charge in [0.15, 0.2) is 6.10 Å². The molecule has 2 atom stereocenters. The smallest absolute Gasteiger partial charge is 0.261 e. The van der Waals surface area contributed by atoms with Gasteiger partial charge in [-0.25, -0.2) is 4.39 Å². The highest BCUT2D eigenvalue weighted by atomic mass is 19.1. The van der Waals surface area contributed by atoms with E-state index in [9.17, 15) is 9.18 Å². The maximum Gasteiger partial charge on any atom is 0.261 e. The maximum atomic E-state index is 13.5. The molecule has 200 valence electrons. The average Bonchev–Trinajstić information content (AvgIpc) is 2.95. The molecule has 0 spiro atoms. The van der Waals surface area contributed by atoms with Crippen molar-refractivity contribution in [3.63, 3.8) is 0 Å². The van der Waals surface area contributed by atoms with Crippen molar-refractivity contribution in [2.24, 2.45) is 0 Å². The minimum atomic E-state index is -0.640. The molecular formula is C34H35FN2O2. The molecule has 0 saturated carbocycles. The fourth-order valence-electron chi connectivity index (χ4n) is 5.40. The number of hydrogen-bond donors (Lipinski definition) is 1. The molecule has 1 N–H and O–H groups in total. The SMILES string of the molecule is CC[C@@H](Oc1ccc2c(c1)[C@@H](c1ccccc1)N(Cc1cccc(C)c1)CC2)C(=O)NCc1cccc(F)c1. The first-order valence-corrected chi connectivity index (χ1v) is 13.7. The Morgan fingerprint density at radius 2 is 1.77 bits per heavy atom. The first-order chi connectivity index (χ1) is 19.0. The molecule has 4 nitrogen and oxygen atoms in total. The molecule has 5 rings (SSSR count). The van der Waals surface area contributed by atoms with Crippen molar-refractivity contribution in [3.05, 3.63) is 136 Å². The van der Waals surface area contributed by atoms with E-state index in [1.54, 1.807) is 12.1 Å². The minimum absolute atomic E-state index is 0.0842. The lowest BCUT2D eigenvalue weighted by Crippen LogP contribution is -2.38. The number of carbonyl (C=O) groups excluding carboxylic acids is 1. The van der Waals surface area contributed by atoms with E-state index in [4.69, 9.17) is 4.74 Å². The van der Waals surface area contributed by atoms with Crippen molar-refractivity contribution in [2.45, 2.75) is 51.9 Å². The Kier molecular flexibility index (Phi) is 8.38. The van der Waals surface area contributed by atoms with Crippen LogP contribution in [-0.4, -0.2) is 23.5 Å². The number of carbonyl (C=O) groups is 1. The van der Waals surface area contributed by atoms with E-state index >= 15 is 0 Å². The van der Waals surface area contributed by atoms with Gasteiger partial charge in [0.1, 0.15) is 11.6 Å². The van der Waals surface area contributed by atoms with E-state index in [0.717, 1.165) is 19.5 Å². The molecule has 4 aromatic carbocycles. The lowest BCUT2D eigenvalue weighted by Gasteiger charge is -2.38. The monoisotopic (exact) mass is 522 g/mol. The highest BCUT2D eigenvalue weighted by Crippen LogP contribution is 2.38. The number of amides is 1. The number of nitrogens with zero attached hydrogens (tertiary/aromatic N) is 1. The Hall–Kier alpha value is -3.96. The van der Waals surface area contributed by atoms with Crippen molar-refractivity contribution < 1.29 is 13.9 Å². The highest BCUT2D eigenvalue weighted by molar-refractivity contribution is 5.81. The van der Waals surface area contributed by atoms with Crippen LogP contribution in [0.25, 0.3) is 0 Å². The summed E-state index contributed by atoms with van der Waals surface area (Å²) in [4.78, 5) is 15.5. The molecule has 5 heteroatoms. The van der Waals surface area contributed by atoms with Crippen molar-refractivity contribution in [2.75, 3.05) is 6.54 Å². The van der Waals surface area contributed by atoms with Gasteiger partial charge in [0, 0.05) is 19.6 Å². The molecule has 1 aliphatic rings. The second-order valence-corrected chi connectivity index (χ2v) is 10.2. The third kappa shape index (κ3) is 6.55. The number of rotatable bonds is 9.